The topological polar surface area (TPSA) is 96.7 Å². The lowest BCUT2D eigenvalue weighted by molar-refractivity contribution is -0.137. The summed E-state index contributed by atoms with van der Waals surface area (Å²) in [5.74, 6) is -2.54. The number of alkyl halides is 3. The zero-order valence-corrected chi connectivity index (χ0v) is 16.9. The third-order valence-corrected chi connectivity index (χ3v) is 4.56. The van der Waals surface area contributed by atoms with Gasteiger partial charge in [-0.25, -0.2) is 9.59 Å². The minimum atomic E-state index is -4.78. The van der Waals surface area contributed by atoms with Gasteiger partial charge in [0.05, 0.1) is 28.1 Å². The van der Waals surface area contributed by atoms with Crippen LogP contribution in [0.3, 0.4) is 0 Å². The molecule has 0 saturated carbocycles. The Hall–Kier alpha value is -2.94. The highest BCUT2D eigenvalue weighted by atomic mass is 19.4. The molecule has 0 bridgehead atoms. The fourth-order valence-corrected chi connectivity index (χ4v) is 3.20. The van der Waals surface area contributed by atoms with E-state index in [1.54, 1.807) is 0 Å². The first-order chi connectivity index (χ1) is 13.8. The van der Waals surface area contributed by atoms with E-state index in [0.717, 1.165) is 12.1 Å². The van der Waals surface area contributed by atoms with Crippen molar-refractivity contribution in [3.8, 4) is 11.1 Å². The minimum Gasteiger partial charge on any atom is -0.478 e. The first kappa shape index (κ1) is 23.3. The lowest BCUT2D eigenvalue weighted by Crippen LogP contribution is -2.30. The Balaban J connectivity index is 2.89. The monoisotopic (exact) mass is 425 g/mol. The van der Waals surface area contributed by atoms with Crippen LogP contribution < -0.4 is 0 Å². The van der Waals surface area contributed by atoms with E-state index in [2.05, 4.69) is 4.98 Å². The van der Waals surface area contributed by atoms with E-state index < -0.39 is 46.0 Å². The highest BCUT2D eigenvalue weighted by Gasteiger charge is 2.37. The van der Waals surface area contributed by atoms with Crippen molar-refractivity contribution in [2.24, 2.45) is 0 Å². The Morgan fingerprint density at radius 1 is 1.07 bits per heavy atom. The first-order valence-electron chi connectivity index (χ1n) is 9.05. The maximum atomic E-state index is 13.7. The maximum Gasteiger partial charge on any atom is 0.417 e. The number of hydrogen-bond donors (Lipinski definition) is 2. The predicted molar refractivity (Wildman–Crippen MR) is 102 cm³/mol. The second-order valence-corrected chi connectivity index (χ2v) is 7.38. The summed E-state index contributed by atoms with van der Waals surface area (Å²) in [6.07, 6.45) is -4.70. The molecule has 1 heterocycles. The number of carboxylic acids is 1. The van der Waals surface area contributed by atoms with Gasteiger partial charge in [0.1, 0.15) is 5.60 Å². The molecule has 1 aromatic heterocycles. The Bertz CT molecular complexity index is 983. The second kappa shape index (κ2) is 8.43. The average molecular weight is 425 g/mol. The molecule has 0 aliphatic rings. The van der Waals surface area contributed by atoms with E-state index in [1.165, 1.54) is 39.8 Å². The van der Waals surface area contributed by atoms with Crippen molar-refractivity contribution < 1.29 is 37.7 Å². The Morgan fingerprint density at radius 3 is 2.17 bits per heavy atom. The van der Waals surface area contributed by atoms with Gasteiger partial charge in [0.2, 0.25) is 0 Å². The predicted octanol–water partition coefficient (Wildman–Crippen LogP) is 4.40. The van der Waals surface area contributed by atoms with Crippen molar-refractivity contribution >= 4 is 11.9 Å². The van der Waals surface area contributed by atoms with Crippen molar-refractivity contribution in [2.45, 2.75) is 45.9 Å². The Morgan fingerprint density at radius 2 is 1.63 bits per heavy atom. The molecule has 30 heavy (non-hydrogen) atoms. The molecule has 0 aliphatic carbocycles. The first-order valence-corrected chi connectivity index (χ1v) is 9.05. The van der Waals surface area contributed by atoms with E-state index in [4.69, 9.17) is 9.84 Å². The molecule has 1 aromatic carbocycles. The number of aromatic nitrogens is 1. The van der Waals surface area contributed by atoms with Crippen LogP contribution in [0.4, 0.5) is 13.2 Å². The summed E-state index contributed by atoms with van der Waals surface area (Å²) >= 11 is 0. The summed E-state index contributed by atoms with van der Waals surface area (Å²) in [5.41, 5.74) is -3.93. The number of carbonyl (C=O) groups excluding carboxylic acids is 1. The van der Waals surface area contributed by atoms with Crippen LogP contribution in [0.5, 0.6) is 0 Å². The fourth-order valence-electron chi connectivity index (χ4n) is 3.20. The molecule has 0 spiro atoms. The SMILES string of the molecule is Cc1nc(C)c(C(=O)OC(C)(C)CCO)c(-c2ccccc2C(F)(F)F)c1C(=O)O. The molecule has 6 nitrogen and oxygen atoms in total. The van der Waals surface area contributed by atoms with Crippen LogP contribution >= 0.6 is 0 Å². The lowest BCUT2D eigenvalue weighted by atomic mass is 9.89. The summed E-state index contributed by atoms with van der Waals surface area (Å²) in [7, 11) is 0. The quantitative estimate of drug-likeness (QED) is 0.666. The van der Waals surface area contributed by atoms with Gasteiger partial charge in [-0.15, -0.1) is 0 Å². The molecule has 0 amide bonds. The van der Waals surface area contributed by atoms with E-state index in [0.29, 0.717) is 0 Å². The van der Waals surface area contributed by atoms with Gasteiger partial charge >= 0.3 is 18.1 Å². The van der Waals surface area contributed by atoms with Crippen LogP contribution in [0, 0.1) is 13.8 Å². The van der Waals surface area contributed by atoms with Crippen LogP contribution in [0.1, 0.15) is 57.9 Å². The number of esters is 1. The molecule has 0 fully saturated rings. The fraction of sp³-hybridized carbons (Fsp3) is 0.381. The van der Waals surface area contributed by atoms with Gasteiger partial charge in [-0.2, -0.15) is 13.2 Å². The van der Waals surface area contributed by atoms with Crippen molar-refractivity contribution in [2.75, 3.05) is 6.61 Å². The maximum absolute atomic E-state index is 13.7. The van der Waals surface area contributed by atoms with Crippen molar-refractivity contribution in [1.29, 1.82) is 0 Å². The van der Waals surface area contributed by atoms with Gasteiger partial charge in [0.15, 0.2) is 0 Å². The molecule has 0 radical (unpaired) electrons. The number of carboxylic acid groups (broad SMARTS) is 1. The smallest absolute Gasteiger partial charge is 0.417 e. The highest BCUT2D eigenvalue weighted by Crippen LogP contribution is 2.41. The van der Waals surface area contributed by atoms with Crippen molar-refractivity contribution in [3.63, 3.8) is 0 Å². The summed E-state index contributed by atoms with van der Waals surface area (Å²) in [6, 6.07) is 4.43. The van der Waals surface area contributed by atoms with E-state index in [9.17, 15) is 27.9 Å². The Kier molecular flexibility index (Phi) is 6.56. The zero-order chi connectivity index (χ0) is 22.9. The number of carbonyl (C=O) groups is 2. The van der Waals surface area contributed by atoms with E-state index in [1.807, 2.05) is 0 Å². The molecule has 2 aromatic rings. The van der Waals surface area contributed by atoms with Gasteiger partial charge in [0.25, 0.3) is 0 Å². The molecule has 2 rings (SSSR count). The molecule has 9 heteroatoms. The zero-order valence-electron chi connectivity index (χ0n) is 16.9. The number of aryl methyl sites for hydroxylation is 2. The van der Waals surface area contributed by atoms with E-state index in [-0.39, 0.29) is 30.0 Å². The molecular formula is C21H22F3NO5. The van der Waals surface area contributed by atoms with E-state index >= 15 is 0 Å². The van der Waals surface area contributed by atoms with Gasteiger partial charge in [-0.05, 0) is 39.3 Å². The second-order valence-electron chi connectivity index (χ2n) is 7.38. The number of rotatable bonds is 6. The number of nitrogens with zero attached hydrogens (tertiary/aromatic N) is 1. The van der Waals surface area contributed by atoms with Crippen LogP contribution in [-0.2, 0) is 10.9 Å². The number of hydrogen-bond acceptors (Lipinski definition) is 5. The number of aliphatic hydroxyl groups excluding tert-OH is 1. The summed E-state index contributed by atoms with van der Waals surface area (Å²) in [6.45, 7) is 5.52. The number of halogens is 3. The average Bonchev–Trinajstić information content (AvgIpc) is 2.59. The molecule has 0 aliphatic heterocycles. The summed E-state index contributed by atoms with van der Waals surface area (Å²) in [5, 5.41) is 18.9. The van der Waals surface area contributed by atoms with Gasteiger partial charge < -0.3 is 14.9 Å². The normalized spacial score (nSPS) is 12.0. The van der Waals surface area contributed by atoms with Gasteiger partial charge in [-0.1, -0.05) is 18.2 Å². The standard InChI is InChI=1S/C21H22F3NO5/c1-11-15(18(27)28)17(13-7-5-6-8-14(13)21(22,23)24)16(12(2)25-11)19(29)30-20(3,4)9-10-26/h5-8,26H,9-10H2,1-4H3,(H,27,28). The van der Waals surface area contributed by atoms with Crippen LogP contribution in [0.2, 0.25) is 0 Å². The number of benzene rings is 1. The van der Waals surface area contributed by atoms with Gasteiger partial charge in [0, 0.05) is 18.6 Å². The van der Waals surface area contributed by atoms with Gasteiger partial charge in [-0.3, -0.25) is 4.98 Å². The van der Waals surface area contributed by atoms with Crippen LogP contribution in [-0.4, -0.2) is 39.3 Å². The third kappa shape index (κ3) is 4.79. The molecule has 162 valence electrons. The molecule has 0 unspecified atom stereocenters. The minimum absolute atomic E-state index is 0.0295. The summed E-state index contributed by atoms with van der Waals surface area (Å²) in [4.78, 5) is 29.0. The van der Waals surface area contributed by atoms with Crippen molar-refractivity contribution in [1.82, 2.24) is 4.98 Å². The molecule has 0 saturated heterocycles. The van der Waals surface area contributed by atoms with Crippen molar-refractivity contribution in [3.05, 3.63) is 52.3 Å². The van der Waals surface area contributed by atoms with Crippen LogP contribution in [0.15, 0.2) is 24.3 Å². The van der Waals surface area contributed by atoms with Crippen LogP contribution in [0.25, 0.3) is 11.1 Å². The number of aliphatic hydroxyl groups is 1. The largest absolute Gasteiger partial charge is 0.478 e. The lowest BCUT2D eigenvalue weighted by Gasteiger charge is -2.26. The molecule has 2 N–H and O–H groups in total. The molecule has 0 atom stereocenters. The third-order valence-electron chi connectivity index (χ3n) is 4.56. The number of aromatic carboxylic acids is 1. The summed E-state index contributed by atoms with van der Waals surface area (Å²) < 4.78 is 46.4. The number of ether oxygens (including phenoxy) is 1. The Labute approximate surface area is 171 Å². The molecular weight excluding hydrogens is 403 g/mol. The number of pyridine rings is 1. The highest BCUT2D eigenvalue weighted by molar-refractivity contribution is 6.07.